The van der Waals surface area contributed by atoms with Crippen LogP contribution in [0.3, 0.4) is 0 Å². The molecule has 0 saturated carbocycles. The average molecular weight is 294 g/mol. The molecule has 0 spiro atoms. The normalized spacial score (nSPS) is 11.6. The number of hydrogen-bond acceptors (Lipinski definition) is 4. The molecule has 0 aliphatic rings. The Morgan fingerprint density at radius 2 is 1.86 bits per heavy atom. The molecule has 0 saturated heterocycles. The maximum atomic E-state index is 10.8. The van der Waals surface area contributed by atoms with Crippen LogP contribution in [0.1, 0.15) is 23.0 Å². The first-order chi connectivity index (χ1) is 10.6. The fraction of sp³-hybridized carbons (Fsp3) is 0.0588. The van der Waals surface area contributed by atoms with Crippen molar-refractivity contribution in [3.8, 4) is 0 Å². The first kappa shape index (κ1) is 13.9. The number of para-hydroxylation sites is 1. The fourth-order valence-electron chi connectivity index (χ4n) is 2.05. The van der Waals surface area contributed by atoms with Gasteiger partial charge in [0.2, 0.25) is 0 Å². The molecule has 1 heterocycles. The van der Waals surface area contributed by atoms with Gasteiger partial charge in [-0.2, -0.15) is 5.10 Å². The highest BCUT2D eigenvalue weighted by Crippen LogP contribution is 2.19. The van der Waals surface area contributed by atoms with E-state index in [1.54, 1.807) is 12.1 Å². The Morgan fingerprint density at radius 1 is 1.14 bits per heavy atom. The van der Waals surface area contributed by atoms with Crippen molar-refractivity contribution in [2.45, 2.75) is 6.92 Å². The summed E-state index contributed by atoms with van der Waals surface area (Å²) in [7, 11) is 0. The summed E-state index contributed by atoms with van der Waals surface area (Å²) in [5.41, 5.74) is 5.36. The molecule has 0 bridgehead atoms. The van der Waals surface area contributed by atoms with Crippen molar-refractivity contribution in [3.05, 3.63) is 65.9 Å². The number of carboxylic acids is 1. The molecule has 3 aromatic rings. The molecular weight excluding hydrogens is 280 g/mol. The third-order valence-corrected chi connectivity index (χ3v) is 3.27. The van der Waals surface area contributed by atoms with Crippen LogP contribution in [0.5, 0.6) is 0 Å². The number of carbonyl (C=O) groups is 1. The van der Waals surface area contributed by atoms with Crippen LogP contribution >= 0.6 is 0 Å². The lowest BCUT2D eigenvalue weighted by Gasteiger charge is -2.02. The number of anilines is 1. The molecule has 5 heteroatoms. The van der Waals surface area contributed by atoms with Gasteiger partial charge in [0.15, 0.2) is 5.76 Å². The summed E-state index contributed by atoms with van der Waals surface area (Å²) < 4.78 is 5.72. The van der Waals surface area contributed by atoms with Crippen LogP contribution < -0.4 is 5.43 Å². The zero-order chi connectivity index (χ0) is 15.5. The van der Waals surface area contributed by atoms with Gasteiger partial charge >= 0.3 is 5.97 Å². The lowest BCUT2D eigenvalue weighted by Crippen LogP contribution is -1.99. The summed E-state index contributed by atoms with van der Waals surface area (Å²) in [5.74, 6) is -0.260. The van der Waals surface area contributed by atoms with Crippen LogP contribution in [0, 0.1) is 0 Å². The maximum absolute atomic E-state index is 10.8. The first-order valence-electron chi connectivity index (χ1n) is 6.76. The van der Waals surface area contributed by atoms with Gasteiger partial charge in [-0.3, -0.25) is 5.43 Å². The van der Waals surface area contributed by atoms with Crippen molar-refractivity contribution in [2.24, 2.45) is 5.10 Å². The molecule has 0 radical (unpaired) electrons. The van der Waals surface area contributed by atoms with E-state index in [9.17, 15) is 4.79 Å². The van der Waals surface area contributed by atoms with E-state index in [2.05, 4.69) is 10.5 Å². The average Bonchev–Trinajstić information content (AvgIpc) is 2.97. The van der Waals surface area contributed by atoms with Gasteiger partial charge in [-0.25, -0.2) is 4.79 Å². The van der Waals surface area contributed by atoms with Crippen LogP contribution in [-0.4, -0.2) is 16.8 Å². The number of furan rings is 1. The molecule has 0 unspecified atom stereocenters. The monoisotopic (exact) mass is 294 g/mol. The van der Waals surface area contributed by atoms with Crippen molar-refractivity contribution >= 4 is 28.3 Å². The highest BCUT2D eigenvalue weighted by molar-refractivity contribution is 6.00. The molecule has 0 aliphatic heterocycles. The van der Waals surface area contributed by atoms with Gasteiger partial charge in [0.1, 0.15) is 11.3 Å². The molecule has 1 aromatic heterocycles. The zero-order valence-electron chi connectivity index (χ0n) is 11.9. The number of benzene rings is 2. The van der Waals surface area contributed by atoms with Crippen LogP contribution in [0.4, 0.5) is 5.69 Å². The highest BCUT2D eigenvalue weighted by atomic mass is 16.4. The predicted octanol–water partition coefficient (Wildman–Crippen LogP) is 3.97. The first-order valence-corrected chi connectivity index (χ1v) is 6.76. The van der Waals surface area contributed by atoms with Gasteiger partial charge in [-0.05, 0) is 43.3 Å². The number of carboxylic acid groups (broad SMARTS) is 1. The number of nitrogens with one attached hydrogen (secondary N) is 1. The zero-order valence-corrected chi connectivity index (χ0v) is 11.9. The van der Waals surface area contributed by atoms with Gasteiger partial charge in [-0.1, -0.05) is 18.2 Å². The van der Waals surface area contributed by atoms with Gasteiger partial charge in [-0.15, -0.1) is 0 Å². The molecule has 3 rings (SSSR count). The quantitative estimate of drug-likeness (QED) is 0.564. The van der Waals surface area contributed by atoms with E-state index >= 15 is 0 Å². The minimum atomic E-state index is -0.950. The summed E-state index contributed by atoms with van der Waals surface area (Å²) in [6, 6.07) is 16.1. The Morgan fingerprint density at radius 3 is 2.55 bits per heavy atom. The Bertz CT molecular complexity index is 815. The molecule has 0 atom stereocenters. The third kappa shape index (κ3) is 2.83. The Labute approximate surface area is 126 Å². The lowest BCUT2D eigenvalue weighted by molar-refractivity contribution is 0.0697. The predicted molar refractivity (Wildman–Crippen MR) is 85.4 cm³/mol. The number of nitrogens with zero attached hydrogens (tertiary/aromatic N) is 1. The molecular formula is C17H14N2O3. The second-order valence-electron chi connectivity index (χ2n) is 4.84. The Kier molecular flexibility index (Phi) is 3.62. The van der Waals surface area contributed by atoms with E-state index in [1.807, 2.05) is 37.3 Å². The minimum absolute atomic E-state index is 0.239. The maximum Gasteiger partial charge on any atom is 0.335 e. The van der Waals surface area contributed by atoms with E-state index in [1.165, 1.54) is 12.1 Å². The van der Waals surface area contributed by atoms with Gasteiger partial charge in [0.05, 0.1) is 11.3 Å². The summed E-state index contributed by atoms with van der Waals surface area (Å²) in [6.45, 7) is 1.84. The van der Waals surface area contributed by atoms with Gasteiger partial charge < -0.3 is 9.52 Å². The van der Waals surface area contributed by atoms with E-state index in [0.717, 1.165) is 11.0 Å². The highest BCUT2D eigenvalue weighted by Gasteiger charge is 2.06. The summed E-state index contributed by atoms with van der Waals surface area (Å²) >= 11 is 0. The van der Waals surface area contributed by atoms with Gasteiger partial charge in [0, 0.05) is 5.39 Å². The van der Waals surface area contributed by atoms with Crippen molar-refractivity contribution < 1.29 is 14.3 Å². The molecule has 0 fully saturated rings. The summed E-state index contributed by atoms with van der Waals surface area (Å²) in [4.78, 5) is 10.8. The van der Waals surface area contributed by atoms with E-state index in [0.29, 0.717) is 17.2 Å². The largest absolute Gasteiger partial charge is 0.478 e. The second kappa shape index (κ2) is 5.73. The number of hydrazone groups is 1. The number of aromatic carboxylic acids is 1. The van der Waals surface area contributed by atoms with E-state index in [-0.39, 0.29) is 5.56 Å². The van der Waals surface area contributed by atoms with Crippen LogP contribution in [-0.2, 0) is 0 Å². The second-order valence-corrected chi connectivity index (χ2v) is 4.84. The van der Waals surface area contributed by atoms with E-state index < -0.39 is 5.97 Å². The molecule has 5 nitrogen and oxygen atoms in total. The van der Waals surface area contributed by atoms with Crippen molar-refractivity contribution in [2.75, 3.05) is 5.43 Å². The molecule has 0 aliphatic carbocycles. The Hall–Kier alpha value is -3.08. The smallest absolute Gasteiger partial charge is 0.335 e. The topological polar surface area (TPSA) is 74.8 Å². The van der Waals surface area contributed by atoms with Crippen LogP contribution in [0.15, 0.2) is 64.1 Å². The summed E-state index contributed by atoms with van der Waals surface area (Å²) in [5, 5.41) is 14.1. The summed E-state index contributed by atoms with van der Waals surface area (Å²) in [6.07, 6.45) is 0. The van der Waals surface area contributed by atoms with Crippen LogP contribution in [0.2, 0.25) is 0 Å². The number of rotatable bonds is 4. The fourth-order valence-corrected chi connectivity index (χ4v) is 2.05. The van der Waals surface area contributed by atoms with Crippen molar-refractivity contribution in [1.82, 2.24) is 0 Å². The molecule has 0 amide bonds. The molecule has 2 N–H and O–H groups in total. The molecule has 22 heavy (non-hydrogen) atoms. The standard InChI is InChI=1S/C17H14N2O3/c1-11(16-10-13-4-2-3-5-15(13)22-16)18-19-14-8-6-12(7-9-14)17(20)21/h2-10,19H,1H3,(H,20,21)/b18-11+. The van der Waals surface area contributed by atoms with Crippen molar-refractivity contribution in [3.63, 3.8) is 0 Å². The minimum Gasteiger partial charge on any atom is -0.478 e. The number of hydrogen-bond donors (Lipinski definition) is 2. The van der Waals surface area contributed by atoms with Crippen molar-refractivity contribution in [1.29, 1.82) is 0 Å². The number of fused-ring (bicyclic) bond motifs is 1. The van der Waals surface area contributed by atoms with Crippen LogP contribution in [0.25, 0.3) is 11.0 Å². The molecule has 110 valence electrons. The SMILES string of the molecule is C/C(=N\Nc1ccc(C(=O)O)cc1)c1cc2ccccc2o1. The third-order valence-electron chi connectivity index (χ3n) is 3.27. The lowest BCUT2D eigenvalue weighted by atomic mass is 10.2. The molecule has 2 aromatic carbocycles. The van der Waals surface area contributed by atoms with Gasteiger partial charge in [0.25, 0.3) is 0 Å². The van der Waals surface area contributed by atoms with E-state index in [4.69, 9.17) is 9.52 Å². The Balaban J connectivity index is 1.77.